The number of carboxylic acids is 1. The van der Waals surface area contributed by atoms with E-state index >= 15 is 0 Å². The lowest BCUT2D eigenvalue weighted by molar-refractivity contribution is -0.141. The number of likely N-dealkylation sites (tertiary alicyclic amines) is 1. The van der Waals surface area contributed by atoms with Crippen molar-refractivity contribution in [3.63, 3.8) is 0 Å². The number of methoxy groups -OCH3 is 1. The molecule has 0 unspecified atom stereocenters. The summed E-state index contributed by atoms with van der Waals surface area (Å²) in [6.07, 6.45) is -0.501. The normalized spacial score (nSPS) is 19.0. The maximum absolute atomic E-state index is 12.5. The van der Waals surface area contributed by atoms with Gasteiger partial charge in [0.15, 0.2) is 0 Å². The van der Waals surface area contributed by atoms with Gasteiger partial charge in [-0.15, -0.1) is 0 Å². The monoisotopic (exact) mass is 369 g/mol. The molecule has 0 radical (unpaired) electrons. The van der Waals surface area contributed by atoms with Crippen LogP contribution in [0.3, 0.4) is 0 Å². The minimum Gasteiger partial charge on any atom is -0.496 e. The van der Waals surface area contributed by atoms with Crippen LogP contribution in [0, 0.1) is 12.8 Å². The van der Waals surface area contributed by atoms with Gasteiger partial charge < -0.3 is 19.5 Å². The van der Waals surface area contributed by atoms with E-state index in [1.807, 2.05) is 55.5 Å². The zero-order chi connectivity index (χ0) is 19.4. The SMILES string of the molecule is COc1ccc(C)cc1[C@@H]1CN(C(=O)OCc2ccccc2)C[C@H]1C(=O)O. The van der Waals surface area contributed by atoms with Crippen molar-refractivity contribution < 1.29 is 24.2 Å². The first-order chi connectivity index (χ1) is 13.0. The Morgan fingerprint density at radius 1 is 1.15 bits per heavy atom. The summed E-state index contributed by atoms with van der Waals surface area (Å²) in [5, 5.41) is 9.67. The summed E-state index contributed by atoms with van der Waals surface area (Å²) in [5.41, 5.74) is 2.71. The highest BCUT2D eigenvalue weighted by atomic mass is 16.6. The molecule has 1 aliphatic heterocycles. The van der Waals surface area contributed by atoms with Crippen molar-refractivity contribution in [2.75, 3.05) is 20.2 Å². The summed E-state index contributed by atoms with van der Waals surface area (Å²) in [7, 11) is 1.56. The van der Waals surface area contributed by atoms with Gasteiger partial charge in [0.2, 0.25) is 0 Å². The van der Waals surface area contributed by atoms with Crippen molar-refractivity contribution in [2.45, 2.75) is 19.4 Å². The van der Waals surface area contributed by atoms with Gasteiger partial charge in [-0.1, -0.05) is 48.0 Å². The topological polar surface area (TPSA) is 76.1 Å². The Kier molecular flexibility index (Phi) is 5.64. The molecule has 0 spiro atoms. The molecule has 27 heavy (non-hydrogen) atoms. The van der Waals surface area contributed by atoms with Gasteiger partial charge >= 0.3 is 12.1 Å². The molecule has 1 saturated heterocycles. The molecule has 1 heterocycles. The number of amides is 1. The molecule has 1 fully saturated rings. The molecule has 6 nitrogen and oxygen atoms in total. The van der Waals surface area contributed by atoms with E-state index in [2.05, 4.69) is 0 Å². The summed E-state index contributed by atoms with van der Waals surface area (Å²) in [6.45, 7) is 2.50. The molecule has 2 aromatic carbocycles. The van der Waals surface area contributed by atoms with E-state index in [4.69, 9.17) is 9.47 Å². The van der Waals surface area contributed by atoms with Crippen LogP contribution in [0.2, 0.25) is 0 Å². The number of hydrogen-bond donors (Lipinski definition) is 1. The Labute approximate surface area is 158 Å². The Balaban J connectivity index is 1.76. The zero-order valence-corrected chi connectivity index (χ0v) is 15.4. The molecule has 3 rings (SSSR count). The lowest BCUT2D eigenvalue weighted by atomic mass is 9.87. The van der Waals surface area contributed by atoms with Crippen LogP contribution in [0.15, 0.2) is 48.5 Å². The van der Waals surface area contributed by atoms with Crippen LogP contribution in [-0.4, -0.2) is 42.3 Å². The number of benzene rings is 2. The minimum atomic E-state index is -0.929. The maximum atomic E-state index is 12.5. The summed E-state index contributed by atoms with van der Waals surface area (Å²) in [5.74, 6) is -1.34. The number of aryl methyl sites for hydroxylation is 1. The number of carbonyl (C=O) groups is 2. The molecule has 0 aliphatic carbocycles. The van der Waals surface area contributed by atoms with Crippen LogP contribution in [-0.2, 0) is 16.1 Å². The highest BCUT2D eigenvalue weighted by Gasteiger charge is 2.42. The highest BCUT2D eigenvalue weighted by Crippen LogP contribution is 2.38. The largest absolute Gasteiger partial charge is 0.496 e. The summed E-state index contributed by atoms with van der Waals surface area (Å²) in [4.78, 5) is 25.7. The van der Waals surface area contributed by atoms with Gasteiger partial charge in [-0.05, 0) is 18.6 Å². The zero-order valence-electron chi connectivity index (χ0n) is 15.4. The number of rotatable bonds is 5. The van der Waals surface area contributed by atoms with Crippen molar-refractivity contribution in [2.24, 2.45) is 5.92 Å². The standard InChI is InChI=1S/C21H23NO5/c1-14-8-9-19(26-2)16(10-14)17-11-22(12-18(17)20(23)24)21(25)27-13-15-6-4-3-5-7-15/h3-10,17-18H,11-13H2,1-2H3,(H,23,24)/t17-,18+/m0/s1. The Morgan fingerprint density at radius 2 is 1.89 bits per heavy atom. The molecule has 2 atom stereocenters. The second-order valence-corrected chi connectivity index (χ2v) is 6.74. The van der Waals surface area contributed by atoms with Crippen molar-refractivity contribution in [3.05, 3.63) is 65.2 Å². The molecule has 142 valence electrons. The fraction of sp³-hybridized carbons (Fsp3) is 0.333. The number of ether oxygens (including phenoxy) is 2. The average Bonchev–Trinajstić information content (AvgIpc) is 3.12. The third-order valence-corrected chi connectivity index (χ3v) is 4.89. The van der Waals surface area contributed by atoms with Gasteiger partial charge in [0.05, 0.1) is 13.0 Å². The molecular formula is C21H23NO5. The maximum Gasteiger partial charge on any atom is 0.410 e. The van der Waals surface area contributed by atoms with Crippen LogP contribution >= 0.6 is 0 Å². The smallest absolute Gasteiger partial charge is 0.410 e. The number of carbonyl (C=O) groups excluding carboxylic acids is 1. The van der Waals surface area contributed by atoms with Crippen LogP contribution in [0.5, 0.6) is 5.75 Å². The summed E-state index contributed by atoms with van der Waals surface area (Å²) >= 11 is 0. The lowest BCUT2D eigenvalue weighted by Gasteiger charge is -2.19. The van der Waals surface area contributed by atoms with E-state index in [9.17, 15) is 14.7 Å². The van der Waals surface area contributed by atoms with E-state index in [1.165, 1.54) is 4.90 Å². The molecule has 6 heteroatoms. The summed E-state index contributed by atoms with van der Waals surface area (Å²) in [6, 6.07) is 15.1. The molecule has 1 amide bonds. The Bertz CT molecular complexity index is 821. The fourth-order valence-electron chi connectivity index (χ4n) is 3.47. The third kappa shape index (κ3) is 4.22. The van der Waals surface area contributed by atoms with Gasteiger partial charge in [0.1, 0.15) is 12.4 Å². The molecular weight excluding hydrogens is 346 g/mol. The van der Waals surface area contributed by atoms with Gasteiger partial charge in [-0.3, -0.25) is 4.79 Å². The average molecular weight is 369 g/mol. The van der Waals surface area contributed by atoms with E-state index < -0.39 is 18.0 Å². The van der Waals surface area contributed by atoms with E-state index in [0.717, 1.165) is 16.7 Å². The molecule has 0 aromatic heterocycles. The second-order valence-electron chi connectivity index (χ2n) is 6.74. The second kappa shape index (κ2) is 8.12. The first kappa shape index (κ1) is 18.8. The Hall–Kier alpha value is -3.02. The lowest BCUT2D eigenvalue weighted by Crippen LogP contribution is -2.30. The van der Waals surface area contributed by atoms with Gasteiger partial charge in [-0.2, -0.15) is 0 Å². The van der Waals surface area contributed by atoms with Crippen molar-refractivity contribution in [1.29, 1.82) is 0 Å². The predicted molar refractivity (Wildman–Crippen MR) is 99.8 cm³/mol. The number of aliphatic carboxylic acids is 1. The predicted octanol–water partition coefficient (Wildman–Crippen LogP) is 3.44. The number of hydrogen-bond acceptors (Lipinski definition) is 4. The van der Waals surface area contributed by atoms with E-state index in [1.54, 1.807) is 7.11 Å². The van der Waals surface area contributed by atoms with Crippen LogP contribution in [0.1, 0.15) is 22.6 Å². The minimum absolute atomic E-state index is 0.116. The van der Waals surface area contributed by atoms with Crippen LogP contribution in [0.25, 0.3) is 0 Å². The first-order valence-electron chi connectivity index (χ1n) is 8.82. The molecule has 1 N–H and O–H groups in total. The van der Waals surface area contributed by atoms with Crippen molar-refractivity contribution in [1.82, 2.24) is 4.90 Å². The van der Waals surface area contributed by atoms with Gasteiger partial charge in [0.25, 0.3) is 0 Å². The van der Waals surface area contributed by atoms with Gasteiger partial charge in [-0.25, -0.2) is 4.79 Å². The first-order valence-corrected chi connectivity index (χ1v) is 8.82. The van der Waals surface area contributed by atoms with E-state index in [0.29, 0.717) is 5.75 Å². The molecule has 2 aromatic rings. The van der Waals surface area contributed by atoms with Gasteiger partial charge in [0, 0.05) is 24.6 Å². The van der Waals surface area contributed by atoms with Crippen LogP contribution < -0.4 is 4.74 Å². The van der Waals surface area contributed by atoms with E-state index in [-0.39, 0.29) is 25.6 Å². The summed E-state index contributed by atoms with van der Waals surface area (Å²) < 4.78 is 10.8. The van der Waals surface area contributed by atoms with Crippen molar-refractivity contribution >= 4 is 12.1 Å². The third-order valence-electron chi connectivity index (χ3n) is 4.89. The van der Waals surface area contributed by atoms with Crippen molar-refractivity contribution in [3.8, 4) is 5.75 Å². The Morgan fingerprint density at radius 3 is 2.56 bits per heavy atom. The molecule has 1 aliphatic rings. The molecule has 0 bridgehead atoms. The number of carboxylic acid groups (broad SMARTS) is 1. The quantitative estimate of drug-likeness (QED) is 0.874. The fourth-order valence-corrected chi connectivity index (χ4v) is 3.47. The highest BCUT2D eigenvalue weighted by molar-refractivity contribution is 5.76. The van der Waals surface area contributed by atoms with Crippen LogP contribution in [0.4, 0.5) is 4.79 Å². The number of nitrogens with zero attached hydrogens (tertiary/aromatic N) is 1. The molecule has 0 saturated carbocycles.